The van der Waals surface area contributed by atoms with Crippen molar-refractivity contribution in [1.29, 1.82) is 0 Å². The van der Waals surface area contributed by atoms with Crippen LogP contribution in [0.25, 0.3) is 0 Å². The molecule has 66 valence electrons. The molecule has 1 aliphatic rings. The summed E-state index contributed by atoms with van der Waals surface area (Å²) in [4.78, 5) is 4.11. The summed E-state index contributed by atoms with van der Waals surface area (Å²) < 4.78 is 0. The maximum absolute atomic E-state index is 5.54. The highest BCUT2D eigenvalue weighted by molar-refractivity contribution is 5.85. The van der Waals surface area contributed by atoms with Crippen molar-refractivity contribution in [2.45, 2.75) is 32.2 Å². The zero-order valence-electron chi connectivity index (χ0n) is 6.84. The summed E-state index contributed by atoms with van der Waals surface area (Å²) in [7, 11) is 0. The van der Waals surface area contributed by atoms with Crippen molar-refractivity contribution in [2.75, 3.05) is 6.54 Å². The first-order chi connectivity index (χ1) is 4.83. The first-order valence-corrected chi connectivity index (χ1v) is 3.89. The van der Waals surface area contributed by atoms with Crippen molar-refractivity contribution in [1.82, 2.24) is 5.32 Å². The smallest absolute Gasteiger partial charge is 0.188 e. The first kappa shape index (κ1) is 10.6. The topological polar surface area (TPSA) is 50.4 Å². The summed E-state index contributed by atoms with van der Waals surface area (Å²) >= 11 is 0. The van der Waals surface area contributed by atoms with Crippen LogP contribution in [-0.4, -0.2) is 18.5 Å². The van der Waals surface area contributed by atoms with Gasteiger partial charge >= 0.3 is 0 Å². The molecule has 0 heterocycles. The number of halogens is 1. The second kappa shape index (κ2) is 5.24. The van der Waals surface area contributed by atoms with Crippen LogP contribution in [0.2, 0.25) is 0 Å². The molecule has 0 aliphatic heterocycles. The van der Waals surface area contributed by atoms with Crippen LogP contribution in [0.4, 0.5) is 0 Å². The van der Waals surface area contributed by atoms with Crippen LogP contribution < -0.4 is 11.1 Å². The number of aliphatic imine (C=N–C) groups is 1. The molecule has 3 N–H and O–H groups in total. The Morgan fingerprint density at radius 1 is 1.64 bits per heavy atom. The zero-order valence-corrected chi connectivity index (χ0v) is 7.66. The summed E-state index contributed by atoms with van der Waals surface area (Å²) in [5.74, 6) is 0.615. The molecule has 0 amide bonds. The number of nitrogens with zero attached hydrogens (tertiary/aromatic N) is 1. The fraction of sp³-hybridized carbons (Fsp3) is 0.857. The molecule has 0 aromatic carbocycles. The maximum Gasteiger partial charge on any atom is 0.188 e. The zero-order chi connectivity index (χ0) is 7.40. The Hall–Kier alpha value is -0.440. The molecule has 0 unspecified atom stereocenters. The number of hydrogen-bond acceptors (Lipinski definition) is 1. The van der Waals surface area contributed by atoms with Crippen LogP contribution >= 0.6 is 12.4 Å². The van der Waals surface area contributed by atoms with E-state index >= 15 is 0 Å². The normalized spacial score (nSPS) is 17.4. The van der Waals surface area contributed by atoms with Crippen LogP contribution in [0.5, 0.6) is 0 Å². The monoisotopic (exact) mass is 177 g/mol. The molecule has 0 atom stereocenters. The van der Waals surface area contributed by atoms with Gasteiger partial charge in [-0.25, -0.2) is 0 Å². The average Bonchev–Trinajstić information content (AvgIpc) is 2.67. The van der Waals surface area contributed by atoms with Crippen molar-refractivity contribution in [3.05, 3.63) is 0 Å². The highest BCUT2D eigenvalue weighted by Gasteiger charge is 2.20. The summed E-state index contributed by atoms with van der Waals surface area (Å²) in [6, 6.07) is 0.626. The Morgan fingerprint density at radius 2 is 2.27 bits per heavy atom. The minimum Gasteiger partial charge on any atom is -0.370 e. The van der Waals surface area contributed by atoms with Gasteiger partial charge in [-0.15, -0.1) is 12.4 Å². The molecule has 3 nitrogen and oxygen atoms in total. The van der Waals surface area contributed by atoms with Crippen molar-refractivity contribution in [3.63, 3.8) is 0 Å². The van der Waals surface area contributed by atoms with Crippen LogP contribution in [0.3, 0.4) is 0 Å². The van der Waals surface area contributed by atoms with Gasteiger partial charge in [-0.3, -0.25) is 4.99 Å². The van der Waals surface area contributed by atoms with E-state index in [0.717, 1.165) is 13.0 Å². The fourth-order valence-electron chi connectivity index (χ4n) is 0.715. The standard InChI is InChI=1S/C7H15N3.ClH/c1-2-5-9-7(8)10-6-3-4-6;/h6H,2-5H2,1H3,(H3,8,9,10);1H. The van der Waals surface area contributed by atoms with E-state index < -0.39 is 0 Å². The molecule has 0 bridgehead atoms. The second-order valence-electron chi connectivity index (χ2n) is 2.69. The van der Waals surface area contributed by atoms with Crippen molar-refractivity contribution in [2.24, 2.45) is 10.7 Å². The predicted molar refractivity (Wildman–Crippen MR) is 50.2 cm³/mol. The third-order valence-corrected chi connectivity index (χ3v) is 1.44. The highest BCUT2D eigenvalue weighted by Crippen LogP contribution is 2.17. The molecule has 0 aromatic heterocycles. The summed E-state index contributed by atoms with van der Waals surface area (Å²) in [6.07, 6.45) is 3.57. The molecule has 1 saturated carbocycles. The van der Waals surface area contributed by atoms with Gasteiger partial charge < -0.3 is 11.1 Å². The quantitative estimate of drug-likeness (QED) is 0.497. The van der Waals surface area contributed by atoms with Crippen LogP contribution in [-0.2, 0) is 0 Å². The van der Waals surface area contributed by atoms with Gasteiger partial charge in [0, 0.05) is 12.6 Å². The number of hydrogen-bond donors (Lipinski definition) is 2. The van der Waals surface area contributed by atoms with Crippen molar-refractivity contribution < 1.29 is 0 Å². The Kier molecular flexibility index (Phi) is 5.03. The van der Waals surface area contributed by atoms with E-state index in [-0.39, 0.29) is 12.4 Å². The number of nitrogens with two attached hydrogens (primary N) is 1. The van der Waals surface area contributed by atoms with Gasteiger partial charge in [-0.05, 0) is 19.3 Å². The molecular formula is C7H16ClN3. The lowest BCUT2D eigenvalue weighted by Crippen LogP contribution is -2.33. The van der Waals surface area contributed by atoms with Crippen LogP contribution in [0.1, 0.15) is 26.2 Å². The summed E-state index contributed by atoms with van der Waals surface area (Å²) in [6.45, 7) is 2.93. The summed E-state index contributed by atoms with van der Waals surface area (Å²) in [5, 5.41) is 3.12. The molecule has 0 radical (unpaired) electrons. The third kappa shape index (κ3) is 4.90. The van der Waals surface area contributed by atoms with E-state index in [0.29, 0.717) is 12.0 Å². The lowest BCUT2D eigenvalue weighted by Gasteiger charge is -2.00. The van der Waals surface area contributed by atoms with E-state index in [4.69, 9.17) is 5.73 Å². The Morgan fingerprint density at radius 3 is 2.73 bits per heavy atom. The van der Waals surface area contributed by atoms with Gasteiger partial charge in [-0.2, -0.15) is 0 Å². The van der Waals surface area contributed by atoms with E-state index in [1.165, 1.54) is 12.8 Å². The Labute approximate surface area is 73.9 Å². The Bertz CT molecular complexity index is 132. The lowest BCUT2D eigenvalue weighted by molar-refractivity contribution is 0.861. The van der Waals surface area contributed by atoms with Gasteiger partial charge in [0.25, 0.3) is 0 Å². The first-order valence-electron chi connectivity index (χ1n) is 3.89. The molecule has 0 spiro atoms. The van der Waals surface area contributed by atoms with Gasteiger partial charge in [0.2, 0.25) is 0 Å². The molecule has 0 saturated heterocycles. The SMILES string of the molecule is CCCN=C(N)NC1CC1.Cl. The van der Waals surface area contributed by atoms with Gasteiger partial charge in [-0.1, -0.05) is 6.92 Å². The number of rotatable bonds is 3. The minimum absolute atomic E-state index is 0. The van der Waals surface area contributed by atoms with E-state index in [9.17, 15) is 0 Å². The van der Waals surface area contributed by atoms with Gasteiger partial charge in [0.15, 0.2) is 5.96 Å². The van der Waals surface area contributed by atoms with Gasteiger partial charge in [0.05, 0.1) is 0 Å². The second-order valence-corrected chi connectivity index (χ2v) is 2.69. The van der Waals surface area contributed by atoms with E-state index in [1.54, 1.807) is 0 Å². The Balaban J connectivity index is 0.000001000. The summed E-state index contributed by atoms with van der Waals surface area (Å²) in [5.41, 5.74) is 5.54. The third-order valence-electron chi connectivity index (χ3n) is 1.44. The van der Waals surface area contributed by atoms with Crippen molar-refractivity contribution in [3.8, 4) is 0 Å². The molecule has 0 aromatic rings. The molecule has 1 aliphatic carbocycles. The van der Waals surface area contributed by atoms with Crippen LogP contribution in [0.15, 0.2) is 4.99 Å². The molecule has 1 fully saturated rings. The van der Waals surface area contributed by atoms with Gasteiger partial charge in [0.1, 0.15) is 0 Å². The van der Waals surface area contributed by atoms with Crippen LogP contribution in [0, 0.1) is 0 Å². The fourth-order valence-corrected chi connectivity index (χ4v) is 0.715. The number of guanidine groups is 1. The van der Waals surface area contributed by atoms with E-state index in [2.05, 4.69) is 17.2 Å². The van der Waals surface area contributed by atoms with E-state index in [1.807, 2.05) is 0 Å². The molecule has 11 heavy (non-hydrogen) atoms. The average molecular weight is 178 g/mol. The maximum atomic E-state index is 5.54. The molecule has 4 heteroatoms. The molecule has 1 rings (SSSR count). The predicted octanol–water partition coefficient (Wildman–Crippen LogP) is 0.885. The largest absolute Gasteiger partial charge is 0.370 e. The van der Waals surface area contributed by atoms with Crippen molar-refractivity contribution >= 4 is 18.4 Å². The highest BCUT2D eigenvalue weighted by atomic mass is 35.5. The minimum atomic E-state index is 0. The lowest BCUT2D eigenvalue weighted by atomic mass is 10.5. The molecular weight excluding hydrogens is 162 g/mol. The number of nitrogens with one attached hydrogen (secondary N) is 1.